The predicted molar refractivity (Wildman–Crippen MR) is 103 cm³/mol. The van der Waals surface area contributed by atoms with Gasteiger partial charge in [0.25, 0.3) is 0 Å². The molecule has 4 aliphatic rings. The summed E-state index contributed by atoms with van der Waals surface area (Å²) >= 11 is 0. The van der Waals surface area contributed by atoms with Gasteiger partial charge in [-0.2, -0.15) is 0 Å². The number of hydrogen-bond donors (Lipinski definition) is 1. The van der Waals surface area contributed by atoms with E-state index in [0.29, 0.717) is 35.5 Å². The smallest absolute Gasteiger partial charge is 0.302 e. The molecule has 0 radical (unpaired) electrons. The monoisotopic (exact) mass is 376 g/mol. The molecule has 152 valence electrons. The van der Waals surface area contributed by atoms with Gasteiger partial charge in [-0.25, -0.2) is 0 Å². The highest BCUT2D eigenvalue weighted by Crippen LogP contribution is 2.68. The number of hydrogen-bond acceptors (Lipinski definition) is 4. The number of aliphatic hydroxyl groups is 1. The van der Waals surface area contributed by atoms with Crippen molar-refractivity contribution >= 4 is 11.8 Å². The van der Waals surface area contributed by atoms with Gasteiger partial charge < -0.3 is 9.84 Å². The Labute approximate surface area is 163 Å². The first-order chi connectivity index (χ1) is 12.6. The van der Waals surface area contributed by atoms with Crippen molar-refractivity contribution in [3.8, 4) is 0 Å². The van der Waals surface area contributed by atoms with Crippen LogP contribution in [0.1, 0.15) is 85.5 Å². The lowest BCUT2D eigenvalue weighted by atomic mass is 9.44. The standard InChI is InChI=1S/C23H36O4/c1-14(24)23(26)12-9-20-18-6-5-16-13-17(27-15(2)25)7-10-21(16,3)19(18)8-11-22(20,23)4/h16-20,26H,5-13H2,1-4H3/t16-,17?,18?,19?,20?,21?,22?,23-/m0/s1. The predicted octanol–water partition coefficient (Wildman–Crippen LogP) is 4.28. The molecule has 1 N–H and O–H groups in total. The molecule has 0 aromatic heterocycles. The van der Waals surface area contributed by atoms with Gasteiger partial charge >= 0.3 is 5.97 Å². The molecule has 4 nitrogen and oxygen atoms in total. The summed E-state index contributed by atoms with van der Waals surface area (Å²) in [6.07, 6.45) is 9.34. The third-order valence-electron chi connectivity index (χ3n) is 9.68. The average Bonchev–Trinajstić information content (AvgIpc) is 2.87. The van der Waals surface area contributed by atoms with E-state index >= 15 is 0 Å². The fraction of sp³-hybridized carbons (Fsp3) is 0.913. The van der Waals surface area contributed by atoms with Crippen LogP contribution in [0.3, 0.4) is 0 Å². The van der Waals surface area contributed by atoms with Gasteiger partial charge in [-0.05, 0) is 93.8 Å². The normalized spacial score (nSPS) is 51.7. The summed E-state index contributed by atoms with van der Waals surface area (Å²) in [6, 6.07) is 0. The van der Waals surface area contributed by atoms with Crippen molar-refractivity contribution in [2.45, 2.75) is 97.2 Å². The molecule has 4 heteroatoms. The Hall–Kier alpha value is -0.900. The summed E-state index contributed by atoms with van der Waals surface area (Å²) in [7, 11) is 0. The fourth-order valence-electron chi connectivity index (χ4n) is 8.15. The third-order valence-corrected chi connectivity index (χ3v) is 9.68. The summed E-state index contributed by atoms with van der Waals surface area (Å²) in [4.78, 5) is 23.7. The quantitative estimate of drug-likeness (QED) is 0.731. The van der Waals surface area contributed by atoms with E-state index in [2.05, 4.69) is 13.8 Å². The van der Waals surface area contributed by atoms with Gasteiger partial charge in [-0.3, -0.25) is 9.59 Å². The van der Waals surface area contributed by atoms with Crippen LogP contribution in [0.25, 0.3) is 0 Å². The molecule has 0 heterocycles. The summed E-state index contributed by atoms with van der Waals surface area (Å²) in [5.74, 6) is 2.22. The first kappa shape index (κ1) is 19.4. The zero-order valence-corrected chi connectivity index (χ0v) is 17.4. The molecule has 0 amide bonds. The lowest BCUT2D eigenvalue weighted by Crippen LogP contribution is -2.58. The van der Waals surface area contributed by atoms with Crippen LogP contribution in [-0.4, -0.2) is 28.6 Å². The number of rotatable bonds is 2. The van der Waals surface area contributed by atoms with E-state index in [4.69, 9.17) is 4.74 Å². The minimum Gasteiger partial charge on any atom is -0.463 e. The first-order valence-electron chi connectivity index (χ1n) is 11.0. The second-order valence-electron chi connectivity index (χ2n) is 10.6. The lowest BCUT2D eigenvalue weighted by molar-refractivity contribution is -0.175. The second-order valence-corrected chi connectivity index (χ2v) is 10.6. The SMILES string of the molecule is CC(=O)OC1CCC2(C)C3CCC4(C)C(CC[C@]4(O)C(C)=O)C3CC[C@H]2C1. The number of carbonyl (C=O) groups excluding carboxylic acids is 2. The van der Waals surface area contributed by atoms with Crippen molar-refractivity contribution < 1.29 is 19.4 Å². The zero-order chi connectivity index (χ0) is 19.6. The Kier molecular flexibility index (Phi) is 4.53. The molecule has 27 heavy (non-hydrogen) atoms. The van der Waals surface area contributed by atoms with Crippen molar-refractivity contribution in [1.29, 1.82) is 0 Å². The lowest BCUT2D eigenvalue weighted by Gasteiger charge is -2.61. The molecular weight excluding hydrogens is 340 g/mol. The molecule has 0 spiro atoms. The highest BCUT2D eigenvalue weighted by molar-refractivity contribution is 5.86. The number of ketones is 1. The minimum atomic E-state index is -1.12. The van der Waals surface area contributed by atoms with Crippen LogP contribution in [0.4, 0.5) is 0 Å². The molecule has 4 rings (SSSR count). The van der Waals surface area contributed by atoms with Gasteiger partial charge in [0.1, 0.15) is 11.7 Å². The molecule has 4 saturated carbocycles. The first-order valence-corrected chi connectivity index (χ1v) is 11.0. The topological polar surface area (TPSA) is 63.6 Å². The van der Waals surface area contributed by atoms with Crippen LogP contribution >= 0.6 is 0 Å². The number of fused-ring (bicyclic) bond motifs is 5. The molecular formula is C23H36O4. The van der Waals surface area contributed by atoms with Gasteiger partial charge in [0.2, 0.25) is 0 Å². The Morgan fingerprint density at radius 1 is 0.926 bits per heavy atom. The molecule has 0 saturated heterocycles. The molecule has 0 aromatic carbocycles. The average molecular weight is 377 g/mol. The summed E-state index contributed by atoms with van der Waals surface area (Å²) < 4.78 is 5.55. The second kappa shape index (κ2) is 6.30. The van der Waals surface area contributed by atoms with Crippen molar-refractivity contribution in [1.82, 2.24) is 0 Å². The van der Waals surface area contributed by atoms with E-state index in [1.165, 1.54) is 19.8 Å². The Morgan fingerprint density at radius 3 is 2.30 bits per heavy atom. The molecule has 0 bridgehead atoms. The maximum atomic E-state index is 12.3. The van der Waals surface area contributed by atoms with Gasteiger partial charge in [-0.1, -0.05) is 13.8 Å². The van der Waals surface area contributed by atoms with E-state index in [0.717, 1.165) is 38.5 Å². The van der Waals surface area contributed by atoms with Gasteiger partial charge in [0.15, 0.2) is 5.78 Å². The molecule has 6 unspecified atom stereocenters. The number of esters is 1. The van der Waals surface area contributed by atoms with Gasteiger partial charge in [-0.15, -0.1) is 0 Å². The van der Waals surface area contributed by atoms with Crippen LogP contribution in [0.2, 0.25) is 0 Å². The number of carbonyl (C=O) groups is 2. The van der Waals surface area contributed by atoms with E-state index in [9.17, 15) is 14.7 Å². The van der Waals surface area contributed by atoms with E-state index in [-0.39, 0.29) is 23.3 Å². The maximum Gasteiger partial charge on any atom is 0.302 e. The van der Waals surface area contributed by atoms with E-state index in [1.807, 2.05) is 0 Å². The molecule has 8 atom stereocenters. The molecule has 0 aromatic rings. The highest BCUT2D eigenvalue weighted by Gasteiger charge is 2.66. The van der Waals surface area contributed by atoms with E-state index < -0.39 is 5.60 Å². The van der Waals surface area contributed by atoms with Crippen LogP contribution in [0.5, 0.6) is 0 Å². The summed E-state index contributed by atoms with van der Waals surface area (Å²) in [5, 5.41) is 11.2. The largest absolute Gasteiger partial charge is 0.463 e. The van der Waals surface area contributed by atoms with Gasteiger partial charge in [0.05, 0.1) is 0 Å². The molecule has 0 aliphatic heterocycles. The van der Waals surface area contributed by atoms with E-state index in [1.54, 1.807) is 6.92 Å². The highest BCUT2D eigenvalue weighted by atomic mass is 16.5. The van der Waals surface area contributed by atoms with Crippen molar-refractivity contribution in [2.24, 2.45) is 34.5 Å². The zero-order valence-electron chi connectivity index (χ0n) is 17.4. The molecule has 4 aliphatic carbocycles. The third kappa shape index (κ3) is 2.65. The van der Waals surface area contributed by atoms with Crippen molar-refractivity contribution in [3.05, 3.63) is 0 Å². The number of ether oxygens (including phenoxy) is 1. The Balaban J connectivity index is 1.56. The Morgan fingerprint density at radius 2 is 1.63 bits per heavy atom. The maximum absolute atomic E-state index is 12.3. The molecule has 4 fully saturated rings. The fourth-order valence-corrected chi connectivity index (χ4v) is 8.15. The van der Waals surface area contributed by atoms with Crippen molar-refractivity contribution in [3.63, 3.8) is 0 Å². The van der Waals surface area contributed by atoms with Gasteiger partial charge in [0, 0.05) is 12.3 Å². The van der Waals surface area contributed by atoms with Crippen molar-refractivity contribution in [2.75, 3.05) is 0 Å². The number of Topliss-reactive ketones (excluding diaryl/α,β-unsaturated/α-hetero) is 1. The van der Waals surface area contributed by atoms with Crippen LogP contribution < -0.4 is 0 Å². The summed E-state index contributed by atoms with van der Waals surface area (Å²) in [5.41, 5.74) is -1.05. The minimum absolute atomic E-state index is 0.0345. The Bertz CT molecular complexity index is 644. The van der Waals surface area contributed by atoms with Crippen LogP contribution in [0, 0.1) is 34.5 Å². The summed E-state index contributed by atoms with van der Waals surface area (Å²) in [6.45, 7) is 7.76. The van der Waals surface area contributed by atoms with Crippen LogP contribution in [0.15, 0.2) is 0 Å². The van der Waals surface area contributed by atoms with Crippen LogP contribution in [-0.2, 0) is 14.3 Å².